The number of amidine groups is 1. The third-order valence-electron chi connectivity index (χ3n) is 5.51. The normalized spacial score (nSPS) is 19.0. The fraction of sp³-hybridized carbons (Fsp3) is 0.304. The number of hydrazine groups is 1. The molecule has 0 saturated carbocycles. The number of anilines is 2. The minimum atomic E-state index is -0.666. The van der Waals surface area contributed by atoms with E-state index in [1.165, 1.54) is 5.01 Å². The summed E-state index contributed by atoms with van der Waals surface area (Å²) in [6, 6.07) is 15.5. The third-order valence-corrected chi connectivity index (χ3v) is 5.84. The Morgan fingerprint density at radius 2 is 1.73 bits per heavy atom. The van der Waals surface area contributed by atoms with Crippen LogP contribution in [-0.2, 0) is 14.4 Å². The van der Waals surface area contributed by atoms with Gasteiger partial charge in [-0.3, -0.25) is 24.7 Å². The van der Waals surface area contributed by atoms with Gasteiger partial charge in [0.2, 0.25) is 11.7 Å². The van der Waals surface area contributed by atoms with Crippen molar-refractivity contribution in [2.24, 2.45) is 4.99 Å². The summed E-state index contributed by atoms with van der Waals surface area (Å²) in [5.74, 6) is -0.523. The smallest absolute Gasteiger partial charge is 0.290 e. The number of piperazine rings is 1. The van der Waals surface area contributed by atoms with Crippen LogP contribution in [0.2, 0.25) is 5.02 Å². The molecule has 2 aliphatic heterocycles. The summed E-state index contributed by atoms with van der Waals surface area (Å²) in [7, 11) is 0. The Bertz CT molecular complexity index is 1070. The predicted molar refractivity (Wildman–Crippen MR) is 127 cm³/mol. The molecular formula is C23H25ClN6O3. The molecule has 1 atom stereocenters. The van der Waals surface area contributed by atoms with Gasteiger partial charge in [0.1, 0.15) is 6.04 Å². The Morgan fingerprint density at radius 3 is 2.42 bits per heavy atom. The van der Waals surface area contributed by atoms with Gasteiger partial charge in [0.05, 0.1) is 22.9 Å². The Labute approximate surface area is 197 Å². The average Bonchev–Trinajstić information content (AvgIpc) is 2.83. The van der Waals surface area contributed by atoms with Crippen molar-refractivity contribution in [2.75, 3.05) is 43.0 Å². The fourth-order valence-corrected chi connectivity index (χ4v) is 3.89. The first-order chi connectivity index (χ1) is 15.9. The van der Waals surface area contributed by atoms with Gasteiger partial charge < -0.3 is 10.2 Å². The SMILES string of the molecule is C[C@@H]1N=C(C(=O)N2CCN(CC(=O)Nc3ccccc3Cl)CC2)NN(c2ccccc2)C1=O. The molecule has 0 aromatic heterocycles. The summed E-state index contributed by atoms with van der Waals surface area (Å²) < 4.78 is 0. The largest absolute Gasteiger partial charge is 0.333 e. The second-order valence-corrected chi connectivity index (χ2v) is 8.28. The highest BCUT2D eigenvalue weighted by molar-refractivity contribution is 6.39. The van der Waals surface area contributed by atoms with Gasteiger partial charge in [-0.1, -0.05) is 41.9 Å². The van der Waals surface area contributed by atoms with E-state index in [9.17, 15) is 14.4 Å². The third kappa shape index (κ3) is 5.32. The standard InChI is InChI=1S/C23H25ClN6O3/c1-16-22(32)30(17-7-3-2-4-8-17)27-21(25-16)23(33)29-13-11-28(12-14-29)15-20(31)26-19-10-6-5-9-18(19)24/h2-10,16H,11-15H2,1H3,(H,25,27)(H,26,31)/t16-/m0/s1. The topological polar surface area (TPSA) is 97.3 Å². The molecule has 0 radical (unpaired) electrons. The first-order valence-corrected chi connectivity index (χ1v) is 11.1. The number of aliphatic imine (C=N–C) groups is 1. The lowest BCUT2D eigenvalue weighted by atomic mass is 10.2. The Kier molecular flexibility index (Phi) is 6.90. The number of hydrogen-bond donors (Lipinski definition) is 2. The maximum absolute atomic E-state index is 13.1. The van der Waals surface area contributed by atoms with Gasteiger partial charge in [-0.15, -0.1) is 0 Å². The van der Waals surface area contributed by atoms with E-state index in [0.29, 0.717) is 42.6 Å². The Balaban J connectivity index is 1.32. The van der Waals surface area contributed by atoms with Crippen LogP contribution >= 0.6 is 11.6 Å². The van der Waals surface area contributed by atoms with Crippen molar-refractivity contribution in [3.8, 4) is 0 Å². The van der Waals surface area contributed by atoms with E-state index in [2.05, 4.69) is 15.7 Å². The van der Waals surface area contributed by atoms with E-state index in [-0.39, 0.29) is 30.1 Å². The molecule has 1 fully saturated rings. The van der Waals surface area contributed by atoms with Crippen LogP contribution in [0.1, 0.15) is 6.92 Å². The van der Waals surface area contributed by atoms with Gasteiger partial charge in [-0.05, 0) is 31.2 Å². The molecule has 2 N–H and O–H groups in total. The molecule has 4 rings (SSSR count). The van der Waals surface area contributed by atoms with Gasteiger partial charge in [-0.2, -0.15) is 0 Å². The highest BCUT2D eigenvalue weighted by Gasteiger charge is 2.33. The van der Waals surface area contributed by atoms with Crippen molar-refractivity contribution in [2.45, 2.75) is 13.0 Å². The van der Waals surface area contributed by atoms with Crippen molar-refractivity contribution in [3.63, 3.8) is 0 Å². The van der Waals surface area contributed by atoms with Gasteiger partial charge in [0.15, 0.2) is 0 Å². The summed E-state index contributed by atoms with van der Waals surface area (Å²) in [4.78, 5) is 45.9. The number of amides is 3. The molecule has 2 aromatic rings. The minimum absolute atomic E-state index is 0.135. The van der Waals surface area contributed by atoms with E-state index in [4.69, 9.17) is 11.6 Å². The lowest BCUT2D eigenvalue weighted by molar-refractivity contribution is -0.126. The molecule has 2 aliphatic rings. The summed E-state index contributed by atoms with van der Waals surface area (Å²) in [5.41, 5.74) is 4.09. The van der Waals surface area contributed by atoms with Crippen LogP contribution < -0.4 is 15.8 Å². The number of nitrogens with one attached hydrogen (secondary N) is 2. The van der Waals surface area contributed by atoms with E-state index in [1.807, 2.05) is 23.1 Å². The molecule has 2 aromatic carbocycles. The van der Waals surface area contributed by atoms with Crippen molar-refractivity contribution in [1.82, 2.24) is 15.2 Å². The summed E-state index contributed by atoms with van der Waals surface area (Å²) in [5, 5.41) is 4.66. The molecule has 10 heteroatoms. The first kappa shape index (κ1) is 22.8. The number of rotatable bonds is 5. The van der Waals surface area contributed by atoms with E-state index in [0.717, 1.165) is 0 Å². The van der Waals surface area contributed by atoms with Crippen molar-refractivity contribution >= 4 is 46.5 Å². The fourth-order valence-electron chi connectivity index (χ4n) is 3.71. The van der Waals surface area contributed by atoms with Crippen LogP contribution in [0.4, 0.5) is 11.4 Å². The molecule has 0 aliphatic carbocycles. The second-order valence-electron chi connectivity index (χ2n) is 7.87. The number of carbonyl (C=O) groups excluding carboxylic acids is 3. The zero-order chi connectivity index (χ0) is 23.4. The molecular weight excluding hydrogens is 444 g/mol. The number of para-hydroxylation sites is 2. The second kappa shape index (κ2) is 10.0. The van der Waals surface area contributed by atoms with Gasteiger partial charge in [-0.25, -0.2) is 10.0 Å². The van der Waals surface area contributed by atoms with Crippen LogP contribution in [0.5, 0.6) is 0 Å². The van der Waals surface area contributed by atoms with Gasteiger partial charge >= 0.3 is 0 Å². The average molecular weight is 469 g/mol. The molecule has 3 amide bonds. The van der Waals surface area contributed by atoms with E-state index in [1.54, 1.807) is 48.2 Å². The van der Waals surface area contributed by atoms with Gasteiger partial charge in [0, 0.05) is 26.2 Å². The lowest BCUT2D eigenvalue weighted by Gasteiger charge is -2.36. The number of halogens is 1. The van der Waals surface area contributed by atoms with E-state index >= 15 is 0 Å². The Morgan fingerprint density at radius 1 is 1.06 bits per heavy atom. The first-order valence-electron chi connectivity index (χ1n) is 10.7. The quantitative estimate of drug-likeness (QED) is 0.697. The van der Waals surface area contributed by atoms with Crippen molar-refractivity contribution in [1.29, 1.82) is 0 Å². The molecule has 0 spiro atoms. The number of nitrogens with zero attached hydrogens (tertiary/aromatic N) is 4. The van der Waals surface area contributed by atoms with Crippen LogP contribution in [0.25, 0.3) is 0 Å². The van der Waals surface area contributed by atoms with Crippen LogP contribution in [0.3, 0.4) is 0 Å². The van der Waals surface area contributed by atoms with Crippen molar-refractivity contribution in [3.05, 3.63) is 59.6 Å². The highest BCUT2D eigenvalue weighted by atomic mass is 35.5. The monoisotopic (exact) mass is 468 g/mol. The minimum Gasteiger partial charge on any atom is -0.333 e. The molecule has 9 nitrogen and oxygen atoms in total. The Hall–Kier alpha value is -3.43. The predicted octanol–water partition coefficient (Wildman–Crippen LogP) is 1.76. The summed E-state index contributed by atoms with van der Waals surface area (Å²) in [6.45, 7) is 3.87. The zero-order valence-electron chi connectivity index (χ0n) is 18.2. The summed E-state index contributed by atoms with van der Waals surface area (Å²) >= 11 is 6.09. The summed E-state index contributed by atoms with van der Waals surface area (Å²) in [6.07, 6.45) is 0. The van der Waals surface area contributed by atoms with E-state index < -0.39 is 6.04 Å². The molecule has 33 heavy (non-hydrogen) atoms. The van der Waals surface area contributed by atoms with Crippen LogP contribution in [0.15, 0.2) is 59.6 Å². The van der Waals surface area contributed by atoms with Gasteiger partial charge in [0.25, 0.3) is 11.8 Å². The maximum Gasteiger partial charge on any atom is 0.290 e. The molecule has 2 heterocycles. The molecule has 0 bridgehead atoms. The van der Waals surface area contributed by atoms with Crippen LogP contribution in [-0.4, -0.2) is 72.1 Å². The number of carbonyl (C=O) groups is 3. The number of hydrogen-bond acceptors (Lipinski definition) is 6. The number of benzene rings is 2. The van der Waals surface area contributed by atoms with Crippen molar-refractivity contribution < 1.29 is 14.4 Å². The van der Waals surface area contributed by atoms with Crippen LogP contribution in [0, 0.1) is 0 Å². The zero-order valence-corrected chi connectivity index (χ0v) is 19.0. The molecule has 1 saturated heterocycles. The molecule has 0 unspecified atom stereocenters. The molecule has 172 valence electrons. The maximum atomic E-state index is 13.1. The lowest BCUT2D eigenvalue weighted by Crippen LogP contribution is -2.60. The highest BCUT2D eigenvalue weighted by Crippen LogP contribution is 2.20.